The average molecular weight is 391 g/mol. The molecule has 0 radical (unpaired) electrons. The van der Waals surface area contributed by atoms with Gasteiger partial charge in [0, 0.05) is 3.57 Å². The summed E-state index contributed by atoms with van der Waals surface area (Å²) in [6.07, 6.45) is 1.95. The molecular formula is C13H16ClIN4. The quantitative estimate of drug-likeness (QED) is 0.808. The third-order valence-corrected chi connectivity index (χ3v) is 3.60. The van der Waals surface area contributed by atoms with Crippen LogP contribution < -0.4 is 5.32 Å². The van der Waals surface area contributed by atoms with E-state index in [2.05, 4.69) is 59.0 Å². The van der Waals surface area contributed by atoms with Crippen LogP contribution in [-0.4, -0.2) is 15.0 Å². The normalized spacial score (nSPS) is 11.6. The molecule has 1 aromatic carbocycles. The van der Waals surface area contributed by atoms with Crippen molar-refractivity contribution in [3.05, 3.63) is 38.7 Å². The number of aromatic nitrogens is 3. The Morgan fingerprint density at radius 2 is 2.11 bits per heavy atom. The van der Waals surface area contributed by atoms with E-state index in [-0.39, 0.29) is 5.54 Å². The lowest BCUT2D eigenvalue weighted by Crippen LogP contribution is -2.22. The van der Waals surface area contributed by atoms with E-state index in [9.17, 15) is 0 Å². The Labute approximate surface area is 131 Å². The van der Waals surface area contributed by atoms with Crippen molar-refractivity contribution < 1.29 is 0 Å². The summed E-state index contributed by atoms with van der Waals surface area (Å²) in [4.78, 5) is 0. The highest BCUT2D eigenvalue weighted by atomic mass is 127. The monoisotopic (exact) mass is 390 g/mol. The lowest BCUT2D eigenvalue weighted by molar-refractivity contribution is 0.347. The van der Waals surface area contributed by atoms with Gasteiger partial charge in [0.1, 0.15) is 5.69 Å². The summed E-state index contributed by atoms with van der Waals surface area (Å²) in [6, 6.07) is 5.91. The van der Waals surface area contributed by atoms with Gasteiger partial charge in [0.15, 0.2) is 0 Å². The minimum atomic E-state index is -0.0498. The molecule has 102 valence electrons. The number of halogens is 2. The van der Waals surface area contributed by atoms with E-state index in [0.29, 0.717) is 6.54 Å². The van der Waals surface area contributed by atoms with E-state index in [1.807, 2.05) is 29.1 Å². The van der Waals surface area contributed by atoms with Gasteiger partial charge in [-0.1, -0.05) is 16.8 Å². The lowest BCUT2D eigenvalue weighted by Gasteiger charge is -2.17. The number of benzene rings is 1. The van der Waals surface area contributed by atoms with Gasteiger partial charge in [-0.3, -0.25) is 0 Å². The van der Waals surface area contributed by atoms with Gasteiger partial charge >= 0.3 is 0 Å². The van der Waals surface area contributed by atoms with E-state index >= 15 is 0 Å². The number of anilines is 1. The Morgan fingerprint density at radius 3 is 2.68 bits per heavy atom. The summed E-state index contributed by atoms with van der Waals surface area (Å²) in [5.41, 5.74) is 1.75. The number of rotatable bonds is 3. The Kier molecular flexibility index (Phi) is 4.35. The Bertz CT molecular complexity index is 574. The van der Waals surface area contributed by atoms with Gasteiger partial charge in [-0.05, 0) is 61.6 Å². The molecule has 2 rings (SSSR count). The van der Waals surface area contributed by atoms with Gasteiger partial charge in [-0.15, -0.1) is 5.10 Å². The second-order valence-corrected chi connectivity index (χ2v) is 6.96. The molecule has 2 aromatic rings. The maximum absolute atomic E-state index is 6.17. The summed E-state index contributed by atoms with van der Waals surface area (Å²) in [5, 5.41) is 12.3. The van der Waals surface area contributed by atoms with Crippen molar-refractivity contribution in [3.63, 3.8) is 0 Å². The van der Waals surface area contributed by atoms with Crippen LogP contribution in [0.15, 0.2) is 24.4 Å². The summed E-state index contributed by atoms with van der Waals surface area (Å²) < 4.78 is 2.98. The highest BCUT2D eigenvalue weighted by Gasteiger charge is 2.14. The van der Waals surface area contributed by atoms with Gasteiger partial charge in [0.25, 0.3) is 0 Å². The topological polar surface area (TPSA) is 42.7 Å². The van der Waals surface area contributed by atoms with Crippen molar-refractivity contribution in [2.45, 2.75) is 32.9 Å². The van der Waals surface area contributed by atoms with Gasteiger partial charge < -0.3 is 5.32 Å². The maximum Gasteiger partial charge on any atom is 0.102 e. The molecule has 19 heavy (non-hydrogen) atoms. The first-order chi connectivity index (χ1) is 8.86. The predicted octanol–water partition coefficient (Wildman–Crippen LogP) is 3.90. The number of nitrogens with one attached hydrogen (secondary N) is 1. The smallest absolute Gasteiger partial charge is 0.102 e. The molecule has 1 heterocycles. The van der Waals surface area contributed by atoms with E-state index < -0.39 is 0 Å². The second kappa shape index (κ2) is 5.66. The molecule has 0 amide bonds. The fraction of sp³-hybridized carbons (Fsp3) is 0.385. The van der Waals surface area contributed by atoms with Crippen LogP contribution in [0.5, 0.6) is 0 Å². The molecule has 0 saturated heterocycles. The molecule has 0 fully saturated rings. The van der Waals surface area contributed by atoms with Crippen LogP contribution in [0.1, 0.15) is 26.5 Å². The van der Waals surface area contributed by atoms with Crippen molar-refractivity contribution in [1.82, 2.24) is 15.0 Å². The minimum absolute atomic E-state index is 0.0498. The van der Waals surface area contributed by atoms with Crippen LogP contribution in [-0.2, 0) is 12.1 Å². The van der Waals surface area contributed by atoms with Gasteiger partial charge in [-0.25, -0.2) is 4.68 Å². The summed E-state index contributed by atoms with van der Waals surface area (Å²) >= 11 is 8.40. The molecule has 0 atom stereocenters. The molecule has 1 aromatic heterocycles. The summed E-state index contributed by atoms with van der Waals surface area (Å²) in [5.74, 6) is 0. The summed E-state index contributed by atoms with van der Waals surface area (Å²) in [6.45, 7) is 6.88. The zero-order valence-corrected chi connectivity index (χ0v) is 14.0. The maximum atomic E-state index is 6.17. The predicted molar refractivity (Wildman–Crippen MR) is 86.5 cm³/mol. The summed E-state index contributed by atoms with van der Waals surface area (Å²) in [7, 11) is 0. The standard InChI is InChI=1S/C13H16ClIN4/c1-13(2,3)19-8-10(17-18-19)7-16-12-5-4-9(15)6-11(12)14/h4-6,8,16H,7H2,1-3H3. The van der Waals surface area contributed by atoms with Crippen LogP contribution >= 0.6 is 34.2 Å². The molecule has 0 aliphatic rings. The zero-order chi connectivity index (χ0) is 14.0. The first-order valence-electron chi connectivity index (χ1n) is 5.97. The lowest BCUT2D eigenvalue weighted by atomic mass is 10.1. The minimum Gasteiger partial charge on any atom is -0.378 e. The Hall–Kier alpha value is -0.820. The SMILES string of the molecule is CC(C)(C)n1cc(CNc2ccc(I)cc2Cl)nn1. The third kappa shape index (κ3) is 3.82. The molecular weight excluding hydrogens is 375 g/mol. The Morgan fingerprint density at radius 1 is 1.37 bits per heavy atom. The molecule has 0 unspecified atom stereocenters. The molecule has 0 saturated carbocycles. The van der Waals surface area contributed by atoms with Crippen molar-refractivity contribution in [1.29, 1.82) is 0 Å². The van der Waals surface area contributed by atoms with E-state index in [0.717, 1.165) is 20.0 Å². The van der Waals surface area contributed by atoms with E-state index in [1.165, 1.54) is 0 Å². The molecule has 0 aliphatic carbocycles. The largest absolute Gasteiger partial charge is 0.378 e. The van der Waals surface area contributed by atoms with Crippen molar-refractivity contribution in [2.24, 2.45) is 0 Å². The zero-order valence-electron chi connectivity index (χ0n) is 11.1. The fourth-order valence-electron chi connectivity index (χ4n) is 1.53. The first kappa shape index (κ1) is 14.6. The van der Waals surface area contributed by atoms with Gasteiger partial charge in [0.05, 0.1) is 29.0 Å². The first-order valence-corrected chi connectivity index (χ1v) is 7.42. The van der Waals surface area contributed by atoms with E-state index in [1.54, 1.807) is 0 Å². The third-order valence-electron chi connectivity index (χ3n) is 2.62. The highest BCUT2D eigenvalue weighted by molar-refractivity contribution is 14.1. The molecule has 0 bridgehead atoms. The number of hydrogen-bond donors (Lipinski definition) is 1. The molecule has 4 nitrogen and oxygen atoms in total. The highest BCUT2D eigenvalue weighted by Crippen LogP contribution is 2.24. The van der Waals surface area contributed by atoms with Crippen LogP contribution in [0.25, 0.3) is 0 Å². The van der Waals surface area contributed by atoms with Crippen LogP contribution in [0.4, 0.5) is 5.69 Å². The molecule has 0 aliphatic heterocycles. The Balaban J connectivity index is 2.04. The van der Waals surface area contributed by atoms with Crippen molar-refractivity contribution in [3.8, 4) is 0 Å². The van der Waals surface area contributed by atoms with Gasteiger partial charge in [0.2, 0.25) is 0 Å². The van der Waals surface area contributed by atoms with Gasteiger partial charge in [-0.2, -0.15) is 0 Å². The van der Waals surface area contributed by atoms with Crippen LogP contribution in [0.3, 0.4) is 0 Å². The number of hydrogen-bond acceptors (Lipinski definition) is 3. The second-order valence-electron chi connectivity index (χ2n) is 5.30. The van der Waals surface area contributed by atoms with Crippen molar-refractivity contribution in [2.75, 3.05) is 5.32 Å². The molecule has 0 spiro atoms. The fourth-order valence-corrected chi connectivity index (χ4v) is 2.45. The number of nitrogens with zero attached hydrogens (tertiary/aromatic N) is 3. The molecule has 6 heteroatoms. The van der Waals surface area contributed by atoms with Crippen molar-refractivity contribution >= 4 is 39.9 Å². The van der Waals surface area contributed by atoms with E-state index in [4.69, 9.17) is 11.6 Å². The molecule has 1 N–H and O–H groups in total. The van der Waals surface area contributed by atoms with Crippen LogP contribution in [0, 0.1) is 3.57 Å². The average Bonchev–Trinajstić information content (AvgIpc) is 2.76. The van der Waals surface area contributed by atoms with Crippen LogP contribution in [0.2, 0.25) is 5.02 Å².